The first-order chi connectivity index (χ1) is 14.4. The standard InChI is InChI=1S/C22H34N6O2/c1-15(19-10-7-11-30-19)25-20-23-13-17-18(26-20)14-28(22(17,2)3)21(29)27-24-12-16-8-5-4-6-9-16/h4-6,8-9,13,15,18-20,23-26H,7,10-12,14H2,1-3H3,(H,27,29). The molecule has 0 spiro atoms. The first kappa shape index (κ1) is 21.1. The normalized spacial score (nSPS) is 28.4. The van der Waals surface area contributed by atoms with E-state index in [1.807, 2.05) is 35.2 Å². The van der Waals surface area contributed by atoms with Crippen LogP contribution in [0.5, 0.6) is 0 Å². The third-order valence-electron chi connectivity index (χ3n) is 6.42. The minimum atomic E-state index is -0.381. The third-order valence-corrected chi connectivity index (χ3v) is 6.42. The molecule has 3 aliphatic rings. The van der Waals surface area contributed by atoms with E-state index in [9.17, 15) is 4.79 Å². The highest BCUT2D eigenvalue weighted by Gasteiger charge is 2.47. The fourth-order valence-corrected chi connectivity index (χ4v) is 4.62. The zero-order chi connectivity index (χ0) is 21.1. The second kappa shape index (κ2) is 8.93. The van der Waals surface area contributed by atoms with Gasteiger partial charge in [-0.3, -0.25) is 16.1 Å². The minimum absolute atomic E-state index is 0.0482. The van der Waals surface area contributed by atoms with E-state index in [4.69, 9.17) is 4.74 Å². The van der Waals surface area contributed by atoms with Crippen molar-refractivity contribution in [2.75, 3.05) is 13.2 Å². The van der Waals surface area contributed by atoms with Crippen LogP contribution in [0.4, 0.5) is 4.79 Å². The molecule has 0 aromatic heterocycles. The Kier molecular flexibility index (Phi) is 6.29. The highest BCUT2D eigenvalue weighted by molar-refractivity contribution is 5.76. The lowest BCUT2D eigenvalue weighted by molar-refractivity contribution is 0.0754. The number of hydrazine groups is 1. The van der Waals surface area contributed by atoms with Crippen LogP contribution in [0.2, 0.25) is 0 Å². The second-order valence-corrected chi connectivity index (χ2v) is 8.86. The number of carbonyl (C=O) groups excluding carboxylic acids is 1. The summed E-state index contributed by atoms with van der Waals surface area (Å²) in [5.74, 6) is 0. The van der Waals surface area contributed by atoms with Gasteiger partial charge in [0.1, 0.15) is 6.29 Å². The zero-order valence-corrected chi connectivity index (χ0v) is 18.1. The molecule has 3 aliphatic heterocycles. The molecule has 4 unspecified atom stereocenters. The van der Waals surface area contributed by atoms with Gasteiger partial charge in [-0.25, -0.2) is 10.2 Å². The van der Waals surface area contributed by atoms with Crippen molar-refractivity contribution in [1.29, 1.82) is 0 Å². The summed E-state index contributed by atoms with van der Waals surface area (Å²) < 4.78 is 5.79. The number of urea groups is 1. The number of likely N-dealkylation sites (tertiary alicyclic amines) is 1. The summed E-state index contributed by atoms with van der Waals surface area (Å²) in [5, 5.41) is 10.6. The van der Waals surface area contributed by atoms with Gasteiger partial charge in [-0.1, -0.05) is 30.3 Å². The fourth-order valence-electron chi connectivity index (χ4n) is 4.62. The number of amides is 2. The van der Waals surface area contributed by atoms with Gasteiger partial charge in [-0.05, 0) is 44.7 Å². The van der Waals surface area contributed by atoms with Gasteiger partial charge in [0.05, 0.1) is 17.7 Å². The second-order valence-electron chi connectivity index (χ2n) is 8.86. The number of benzene rings is 1. The highest BCUT2D eigenvalue weighted by Crippen LogP contribution is 2.35. The summed E-state index contributed by atoms with van der Waals surface area (Å²) in [7, 11) is 0. The lowest BCUT2D eigenvalue weighted by Gasteiger charge is -2.36. The Hall–Kier alpha value is -2.13. The number of rotatable bonds is 6. The lowest BCUT2D eigenvalue weighted by Crippen LogP contribution is -2.61. The number of nitrogens with zero attached hydrogens (tertiary/aromatic N) is 1. The number of hydrogen-bond donors (Lipinski definition) is 5. The Balaban J connectivity index is 1.31. The molecule has 8 nitrogen and oxygen atoms in total. The van der Waals surface area contributed by atoms with Gasteiger partial charge in [-0.2, -0.15) is 0 Å². The molecule has 164 valence electrons. The number of carbonyl (C=O) groups is 1. The molecule has 0 bridgehead atoms. The largest absolute Gasteiger partial charge is 0.377 e. The summed E-state index contributed by atoms with van der Waals surface area (Å²) in [5.41, 5.74) is 7.81. The van der Waals surface area contributed by atoms with Crippen LogP contribution in [0.3, 0.4) is 0 Å². The van der Waals surface area contributed by atoms with E-state index in [1.54, 1.807) is 0 Å². The maximum Gasteiger partial charge on any atom is 0.332 e. The average molecular weight is 415 g/mol. The SMILES string of the molecule is CC(NC1NC=C2C(CN(C(=O)NNCc3ccccc3)C2(C)C)N1)C1CCCO1. The first-order valence-electron chi connectivity index (χ1n) is 10.9. The molecule has 0 aliphatic carbocycles. The maximum atomic E-state index is 12.9. The first-order valence-corrected chi connectivity index (χ1v) is 10.9. The van der Waals surface area contributed by atoms with Crippen LogP contribution in [0.1, 0.15) is 39.2 Å². The monoisotopic (exact) mass is 414 g/mol. The van der Waals surface area contributed by atoms with Gasteiger partial charge in [0.25, 0.3) is 0 Å². The molecule has 1 aromatic carbocycles. The van der Waals surface area contributed by atoms with Crippen LogP contribution in [0.25, 0.3) is 0 Å². The zero-order valence-electron chi connectivity index (χ0n) is 18.1. The molecule has 30 heavy (non-hydrogen) atoms. The third kappa shape index (κ3) is 4.46. The van der Waals surface area contributed by atoms with Crippen LogP contribution in [0, 0.1) is 0 Å². The van der Waals surface area contributed by atoms with Crippen molar-refractivity contribution >= 4 is 6.03 Å². The molecule has 0 saturated carbocycles. The lowest BCUT2D eigenvalue weighted by atomic mass is 9.92. The van der Waals surface area contributed by atoms with Gasteiger partial charge in [-0.15, -0.1) is 0 Å². The molecule has 2 saturated heterocycles. The predicted octanol–water partition coefficient (Wildman–Crippen LogP) is 1.38. The topological polar surface area (TPSA) is 89.7 Å². The van der Waals surface area contributed by atoms with Gasteiger partial charge in [0, 0.05) is 31.9 Å². The molecule has 2 fully saturated rings. The van der Waals surface area contributed by atoms with Gasteiger partial charge in [0.15, 0.2) is 0 Å². The van der Waals surface area contributed by atoms with Crippen molar-refractivity contribution in [3.8, 4) is 0 Å². The molecule has 4 rings (SSSR count). The molecular weight excluding hydrogens is 380 g/mol. The van der Waals surface area contributed by atoms with Crippen molar-refractivity contribution in [2.24, 2.45) is 0 Å². The predicted molar refractivity (Wildman–Crippen MR) is 116 cm³/mol. The van der Waals surface area contributed by atoms with Gasteiger partial charge < -0.3 is 15.0 Å². The van der Waals surface area contributed by atoms with E-state index in [0.717, 1.165) is 25.0 Å². The summed E-state index contributed by atoms with van der Waals surface area (Å²) in [4.78, 5) is 14.7. The summed E-state index contributed by atoms with van der Waals surface area (Å²) in [6, 6.07) is 10.3. The van der Waals surface area contributed by atoms with E-state index in [1.165, 1.54) is 5.57 Å². The van der Waals surface area contributed by atoms with Crippen molar-refractivity contribution in [3.63, 3.8) is 0 Å². The van der Waals surface area contributed by atoms with E-state index in [0.29, 0.717) is 13.1 Å². The molecule has 8 heteroatoms. The molecule has 5 N–H and O–H groups in total. The van der Waals surface area contributed by atoms with Crippen LogP contribution in [-0.4, -0.2) is 54.1 Å². The Morgan fingerprint density at radius 1 is 1.33 bits per heavy atom. The Bertz CT molecular complexity index is 762. The van der Waals surface area contributed by atoms with Gasteiger partial charge in [0.2, 0.25) is 0 Å². The van der Waals surface area contributed by atoms with Crippen molar-refractivity contribution < 1.29 is 9.53 Å². The highest BCUT2D eigenvalue weighted by atomic mass is 16.5. The summed E-state index contributed by atoms with van der Waals surface area (Å²) in [6.07, 6.45) is 4.50. The number of nitrogens with one attached hydrogen (secondary N) is 5. The van der Waals surface area contributed by atoms with Crippen LogP contribution in [0.15, 0.2) is 42.1 Å². The van der Waals surface area contributed by atoms with Crippen molar-refractivity contribution in [3.05, 3.63) is 47.7 Å². The quantitative estimate of drug-likeness (QED) is 0.452. The van der Waals surface area contributed by atoms with Crippen LogP contribution in [-0.2, 0) is 11.3 Å². The molecule has 1 aromatic rings. The van der Waals surface area contributed by atoms with Crippen molar-refractivity contribution in [1.82, 2.24) is 31.7 Å². The summed E-state index contributed by atoms with van der Waals surface area (Å²) in [6.45, 7) is 8.38. The number of hydrogen-bond acceptors (Lipinski definition) is 6. The molecule has 0 radical (unpaired) electrons. The smallest absolute Gasteiger partial charge is 0.332 e. The van der Waals surface area contributed by atoms with E-state index >= 15 is 0 Å². The molecule has 2 amide bonds. The van der Waals surface area contributed by atoms with Crippen LogP contribution < -0.4 is 26.8 Å². The van der Waals surface area contributed by atoms with E-state index in [-0.39, 0.29) is 36.0 Å². The molecule has 4 atom stereocenters. The minimum Gasteiger partial charge on any atom is -0.377 e. The fraction of sp³-hybridized carbons (Fsp3) is 0.591. The number of fused-ring (bicyclic) bond motifs is 1. The van der Waals surface area contributed by atoms with Crippen molar-refractivity contribution in [2.45, 2.75) is 70.2 Å². The molecular formula is C22H34N6O2. The summed E-state index contributed by atoms with van der Waals surface area (Å²) >= 11 is 0. The Morgan fingerprint density at radius 2 is 2.13 bits per heavy atom. The number of ether oxygens (including phenoxy) is 1. The Morgan fingerprint density at radius 3 is 2.87 bits per heavy atom. The van der Waals surface area contributed by atoms with E-state index < -0.39 is 0 Å². The van der Waals surface area contributed by atoms with Gasteiger partial charge >= 0.3 is 6.03 Å². The maximum absolute atomic E-state index is 12.9. The average Bonchev–Trinajstić information content (AvgIpc) is 3.35. The van der Waals surface area contributed by atoms with E-state index in [2.05, 4.69) is 53.8 Å². The molecule has 3 heterocycles. The Labute approximate surface area is 178 Å². The van der Waals surface area contributed by atoms with Crippen LogP contribution >= 0.6 is 0 Å².